The number of urea groups is 1. The van der Waals surface area contributed by atoms with Crippen molar-refractivity contribution in [3.8, 4) is 0 Å². The predicted molar refractivity (Wildman–Crippen MR) is 125 cm³/mol. The summed E-state index contributed by atoms with van der Waals surface area (Å²) in [5.74, 6) is -0.657. The number of pyridine rings is 1. The molecule has 2 aliphatic rings. The van der Waals surface area contributed by atoms with Crippen LogP contribution in [-0.2, 0) is 21.1 Å². The minimum absolute atomic E-state index is 0.00855. The van der Waals surface area contributed by atoms with E-state index < -0.39 is 37.7 Å². The number of anilines is 2. The maximum Gasteiger partial charge on any atom is 0.501 e. The van der Waals surface area contributed by atoms with Gasteiger partial charge < -0.3 is 0 Å². The molecule has 0 bridgehead atoms. The van der Waals surface area contributed by atoms with Gasteiger partial charge in [0.15, 0.2) is 0 Å². The first kappa shape index (κ1) is 24.0. The number of sulfone groups is 1. The SMILES string of the molecule is CC1CC12C(=O)N(c1ccc(S(=O)(=O)C(F)(F)F)cc1)C(=O)N2c1ccncc1Cc1ccccc1. The average Bonchev–Trinajstić information content (AvgIpc) is 3.46. The van der Waals surface area contributed by atoms with E-state index in [4.69, 9.17) is 0 Å². The Bertz CT molecular complexity index is 1460. The zero-order valence-electron chi connectivity index (χ0n) is 18.9. The second-order valence-electron chi connectivity index (χ2n) is 8.90. The predicted octanol–water partition coefficient (Wildman–Crippen LogP) is 4.72. The lowest BCUT2D eigenvalue weighted by Crippen LogP contribution is -2.39. The molecule has 1 aliphatic carbocycles. The summed E-state index contributed by atoms with van der Waals surface area (Å²) >= 11 is 0. The van der Waals surface area contributed by atoms with Crippen LogP contribution in [0.1, 0.15) is 24.5 Å². The van der Waals surface area contributed by atoms with E-state index in [1.807, 2.05) is 37.3 Å². The fourth-order valence-corrected chi connectivity index (χ4v) is 5.47. The number of nitrogens with zero attached hydrogens (tertiary/aromatic N) is 3. The van der Waals surface area contributed by atoms with Gasteiger partial charge in [0.25, 0.3) is 15.7 Å². The van der Waals surface area contributed by atoms with Gasteiger partial charge >= 0.3 is 11.5 Å². The number of carbonyl (C=O) groups is 2. The van der Waals surface area contributed by atoms with Crippen molar-refractivity contribution in [2.45, 2.75) is 35.7 Å². The summed E-state index contributed by atoms with van der Waals surface area (Å²) in [4.78, 5) is 32.8. The molecule has 2 atom stereocenters. The minimum atomic E-state index is -5.56. The van der Waals surface area contributed by atoms with E-state index >= 15 is 0 Å². The van der Waals surface area contributed by atoms with Crippen LogP contribution in [0.25, 0.3) is 0 Å². The van der Waals surface area contributed by atoms with Crippen LogP contribution in [-0.4, -0.2) is 36.4 Å². The molecule has 11 heteroatoms. The van der Waals surface area contributed by atoms with Crippen molar-refractivity contribution in [2.75, 3.05) is 9.80 Å². The molecule has 186 valence electrons. The van der Waals surface area contributed by atoms with E-state index in [0.717, 1.165) is 40.3 Å². The zero-order chi connectivity index (χ0) is 25.9. The third-order valence-electron chi connectivity index (χ3n) is 6.69. The third-order valence-corrected chi connectivity index (χ3v) is 8.20. The first-order valence-electron chi connectivity index (χ1n) is 11.1. The summed E-state index contributed by atoms with van der Waals surface area (Å²) in [5.41, 5.74) is -4.35. The second kappa shape index (κ2) is 8.16. The fraction of sp³-hybridized carbons (Fsp3) is 0.240. The number of aromatic nitrogens is 1. The topological polar surface area (TPSA) is 87.7 Å². The normalized spacial score (nSPS) is 21.9. The molecule has 1 saturated carbocycles. The molecular weight excluding hydrogens is 495 g/mol. The van der Waals surface area contributed by atoms with Crippen LogP contribution in [0.15, 0.2) is 78.0 Å². The van der Waals surface area contributed by atoms with E-state index in [2.05, 4.69) is 4.98 Å². The Labute approximate surface area is 205 Å². The molecule has 0 radical (unpaired) electrons. The third kappa shape index (κ3) is 3.57. The Hall–Kier alpha value is -3.73. The maximum atomic E-state index is 13.7. The van der Waals surface area contributed by atoms with Gasteiger partial charge in [0, 0.05) is 18.8 Å². The van der Waals surface area contributed by atoms with Crippen molar-refractivity contribution in [1.82, 2.24) is 4.98 Å². The summed E-state index contributed by atoms with van der Waals surface area (Å²) in [6.07, 6.45) is 4.06. The molecule has 3 amide bonds. The van der Waals surface area contributed by atoms with E-state index in [-0.39, 0.29) is 11.6 Å². The Morgan fingerprint density at radius 2 is 1.67 bits per heavy atom. The standard InChI is InChI=1S/C25H20F3N3O4S/c1-16-14-24(16)22(32)30(19-7-9-20(10-8-19)36(34,35)25(26,27)28)23(33)31(24)21-11-12-29-15-18(21)13-17-5-3-2-4-6-17/h2-12,15-16H,13-14H2,1H3. The van der Waals surface area contributed by atoms with E-state index in [1.165, 1.54) is 11.1 Å². The highest BCUT2D eigenvalue weighted by atomic mass is 32.2. The van der Waals surface area contributed by atoms with Gasteiger partial charge in [0.05, 0.1) is 16.3 Å². The van der Waals surface area contributed by atoms with Crippen LogP contribution in [0, 0.1) is 5.92 Å². The molecule has 2 fully saturated rings. The lowest BCUT2D eigenvalue weighted by atomic mass is 10.0. The van der Waals surface area contributed by atoms with Gasteiger partial charge in [0.1, 0.15) is 5.54 Å². The number of hydrogen-bond acceptors (Lipinski definition) is 5. The van der Waals surface area contributed by atoms with Crippen molar-refractivity contribution in [3.63, 3.8) is 0 Å². The van der Waals surface area contributed by atoms with Crippen molar-refractivity contribution in [1.29, 1.82) is 0 Å². The molecule has 2 aromatic carbocycles. The molecule has 3 aromatic rings. The van der Waals surface area contributed by atoms with Gasteiger partial charge in [-0.25, -0.2) is 18.1 Å². The van der Waals surface area contributed by atoms with E-state index in [9.17, 15) is 31.2 Å². The molecule has 1 aliphatic heterocycles. The minimum Gasteiger partial charge on any atom is -0.278 e. The quantitative estimate of drug-likeness (QED) is 0.459. The smallest absolute Gasteiger partial charge is 0.278 e. The van der Waals surface area contributed by atoms with Crippen LogP contribution in [0.3, 0.4) is 0 Å². The summed E-state index contributed by atoms with van der Waals surface area (Å²) in [6.45, 7) is 1.85. The molecular formula is C25H20F3N3O4S. The van der Waals surface area contributed by atoms with Crippen LogP contribution in [0.2, 0.25) is 0 Å². The van der Waals surface area contributed by atoms with Gasteiger partial charge in [-0.15, -0.1) is 0 Å². The first-order chi connectivity index (χ1) is 17.0. The zero-order valence-corrected chi connectivity index (χ0v) is 19.8. The van der Waals surface area contributed by atoms with Crippen LogP contribution in [0.4, 0.5) is 29.3 Å². The molecule has 5 rings (SSSR count). The van der Waals surface area contributed by atoms with Gasteiger partial charge in [-0.3, -0.25) is 14.7 Å². The van der Waals surface area contributed by atoms with Crippen molar-refractivity contribution in [3.05, 3.63) is 84.2 Å². The van der Waals surface area contributed by atoms with Crippen molar-refractivity contribution in [2.24, 2.45) is 5.92 Å². The van der Waals surface area contributed by atoms with Gasteiger partial charge in [0.2, 0.25) is 0 Å². The monoisotopic (exact) mass is 515 g/mol. The number of benzene rings is 2. The van der Waals surface area contributed by atoms with Gasteiger partial charge in [-0.1, -0.05) is 37.3 Å². The number of carbonyl (C=O) groups excluding carboxylic acids is 2. The van der Waals surface area contributed by atoms with Crippen molar-refractivity contribution >= 4 is 33.2 Å². The number of rotatable bonds is 5. The molecule has 36 heavy (non-hydrogen) atoms. The van der Waals surface area contributed by atoms with Crippen LogP contribution >= 0.6 is 0 Å². The number of imide groups is 1. The molecule has 1 saturated heterocycles. The summed E-state index contributed by atoms with van der Waals surface area (Å²) in [6, 6.07) is 14.1. The Morgan fingerprint density at radius 1 is 1.03 bits per heavy atom. The molecule has 1 spiro atoms. The van der Waals surface area contributed by atoms with Crippen LogP contribution in [0.5, 0.6) is 0 Å². The highest BCUT2D eigenvalue weighted by Crippen LogP contribution is 2.56. The van der Waals surface area contributed by atoms with Gasteiger partial charge in [-0.2, -0.15) is 13.2 Å². The van der Waals surface area contributed by atoms with Gasteiger partial charge in [-0.05, 0) is 53.8 Å². The Morgan fingerprint density at radius 3 is 2.25 bits per heavy atom. The number of halogens is 3. The summed E-state index contributed by atoms with van der Waals surface area (Å²) in [7, 11) is -5.56. The van der Waals surface area contributed by atoms with Crippen LogP contribution < -0.4 is 9.80 Å². The largest absolute Gasteiger partial charge is 0.501 e. The molecule has 0 N–H and O–H groups in total. The summed E-state index contributed by atoms with van der Waals surface area (Å²) < 4.78 is 62.2. The molecule has 7 nitrogen and oxygen atoms in total. The highest BCUT2D eigenvalue weighted by Gasteiger charge is 2.70. The number of hydrogen-bond donors (Lipinski definition) is 0. The van der Waals surface area contributed by atoms with E-state index in [1.54, 1.807) is 12.3 Å². The molecule has 2 unspecified atom stereocenters. The fourth-order valence-electron chi connectivity index (χ4n) is 4.71. The first-order valence-corrected chi connectivity index (χ1v) is 12.5. The van der Waals surface area contributed by atoms with Crippen molar-refractivity contribution < 1.29 is 31.2 Å². The lowest BCUT2D eigenvalue weighted by Gasteiger charge is -2.25. The average molecular weight is 516 g/mol. The molecule has 1 aromatic heterocycles. The Balaban J connectivity index is 1.53. The number of amides is 3. The Kier molecular flexibility index (Phi) is 5.43. The maximum absolute atomic E-state index is 13.7. The highest BCUT2D eigenvalue weighted by molar-refractivity contribution is 7.92. The second-order valence-corrected chi connectivity index (χ2v) is 10.8. The lowest BCUT2D eigenvalue weighted by molar-refractivity contribution is -0.119. The molecule has 2 heterocycles. The van der Waals surface area contributed by atoms with E-state index in [0.29, 0.717) is 18.5 Å². The number of alkyl halides is 3. The summed E-state index contributed by atoms with van der Waals surface area (Å²) in [5, 5.41) is 0.